The number of nitrogens with one attached hydrogen (secondary N) is 1. The van der Waals surface area contributed by atoms with Gasteiger partial charge < -0.3 is 11.1 Å². The highest BCUT2D eigenvalue weighted by Gasteiger charge is 2.24. The fraction of sp³-hybridized carbons (Fsp3) is 0.364. The van der Waals surface area contributed by atoms with E-state index in [1.807, 2.05) is 12.1 Å². The normalized spacial score (nSPS) is 17.3. The van der Waals surface area contributed by atoms with Gasteiger partial charge in [0.15, 0.2) is 0 Å². The topological polar surface area (TPSA) is 113 Å². The predicted molar refractivity (Wildman–Crippen MR) is 124 cm³/mol. The van der Waals surface area contributed by atoms with Gasteiger partial charge in [0.1, 0.15) is 0 Å². The fourth-order valence-electron chi connectivity index (χ4n) is 3.66. The number of rotatable bonds is 8. The second-order valence-electron chi connectivity index (χ2n) is 7.94. The van der Waals surface area contributed by atoms with Gasteiger partial charge in [0, 0.05) is 30.8 Å². The van der Waals surface area contributed by atoms with E-state index in [1.165, 1.54) is 31.3 Å². The van der Waals surface area contributed by atoms with Crippen molar-refractivity contribution in [2.75, 3.05) is 32.0 Å². The van der Waals surface area contributed by atoms with Crippen molar-refractivity contribution in [1.82, 2.24) is 9.21 Å². The van der Waals surface area contributed by atoms with Crippen molar-refractivity contribution in [3.05, 3.63) is 59.1 Å². The summed E-state index contributed by atoms with van der Waals surface area (Å²) in [5.41, 5.74) is 7.06. The van der Waals surface area contributed by atoms with Crippen LogP contribution in [0.25, 0.3) is 0 Å². The largest absolute Gasteiger partial charge is 0.369 e. The third-order valence-corrected chi connectivity index (χ3v) is 7.51. The Bertz CT molecular complexity index is 1060. The van der Waals surface area contributed by atoms with E-state index in [9.17, 15) is 18.0 Å². The standard InChI is InChI=1S/C22H27ClN4O4S/c1-26(32(30,31)20-10-6-18(23)7-11-20)15-21(28)25-19-8-4-16(5-9-19)13-27-12-2-3-17(14-27)22(24)29/h4-11,17H,2-3,12-15H2,1H3,(H2,24,29)(H,25,28)/t17-/m1/s1. The number of nitrogens with zero attached hydrogens (tertiary/aromatic N) is 2. The van der Waals surface area contributed by atoms with Crippen LogP contribution in [-0.2, 0) is 26.2 Å². The highest BCUT2D eigenvalue weighted by Crippen LogP contribution is 2.20. The van der Waals surface area contributed by atoms with Crippen molar-refractivity contribution in [2.24, 2.45) is 11.7 Å². The van der Waals surface area contributed by atoms with Gasteiger partial charge in [-0.15, -0.1) is 0 Å². The third kappa shape index (κ3) is 6.29. The number of hydrogen-bond donors (Lipinski definition) is 2. The minimum atomic E-state index is -3.80. The molecule has 32 heavy (non-hydrogen) atoms. The summed E-state index contributed by atoms with van der Waals surface area (Å²) in [7, 11) is -2.45. The van der Waals surface area contributed by atoms with Crippen LogP contribution in [0.5, 0.6) is 0 Å². The van der Waals surface area contributed by atoms with Crippen molar-refractivity contribution in [3.63, 3.8) is 0 Å². The Labute approximate surface area is 193 Å². The smallest absolute Gasteiger partial charge is 0.243 e. The predicted octanol–water partition coefficient (Wildman–Crippen LogP) is 2.30. The van der Waals surface area contributed by atoms with Gasteiger partial charge in [0.05, 0.1) is 17.4 Å². The SMILES string of the molecule is CN(CC(=O)Nc1ccc(CN2CCC[C@@H](C(N)=O)C2)cc1)S(=O)(=O)c1ccc(Cl)cc1. The van der Waals surface area contributed by atoms with Gasteiger partial charge in [0.25, 0.3) is 0 Å². The summed E-state index contributed by atoms with van der Waals surface area (Å²) in [4.78, 5) is 26.1. The van der Waals surface area contributed by atoms with Crippen LogP contribution in [0.3, 0.4) is 0 Å². The van der Waals surface area contributed by atoms with Crippen LogP contribution in [-0.4, -0.2) is 56.1 Å². The number of sulfonamides is 1. The zero-order valence-electron chi connectivity index (χ0n) is 17.8. The summed E-state index contributed by atoms with van der Waals surface area (Å²) in [6, 6.07) is 13.1. The van der Waals surface area contributed by atoms with Gasteiger partial charge >= 0.3 is 0 Å². The molecule has 0 bridgehead atoms. The molecule has 3 rings (SSSR count). The van der Waals surface area contributed by atoms with Crippen LogP contribution >= 0.6 is 11.6 Å². The summed E-state index contributed by atoms with van der Waals surface area (Å²) in [5, 5.41) is 3.15. The third-order valence-electron chi connectivity index (χ3n) is 5.44. The summed E-state index contributed by atoms with van der Waals surface area (Å²) >= 11 is 5.81. The second-order valence-corrected chi connectivity index (χ2v) is 10.4. The number of halogens is 1. The number of carbonyl (C=O) groups is 2. The van der Waals surface area contributed by atoms with Gasteiger partial charge in [-0.2, -0.15) is 4.31 Å². The van der Waals surface area contributed by atoms with E-state index >= 15 is 0 Å². The van der Waals surface area contributed by atoms with E-state index in [2.05, 4.69) is 10.2 Å². The van der Waals surface area contributed by atoms with Gasteiger partial charge in [0.2, 0.25) is 21.8 Å². The summed E-state index contributed by atoms with van der Waals surface area (Å²) in [5.74, 6) is -0.808. The summed E-state index contributed by atoms with van der Waals surface area (Å²) < 4.78 is 26.2. The number of hydrogen-bond acceptors (Lipinski definition) is 5. The first-order valence-electron chi connectivity index (χ1n) is 10.3. The second kappa shape index (κ2) is 10.4. The molecule has 1 aliphatic rings. The lowest BCUT2D eigenvalue weighted by Crippen LogP contribution is -2.40. The molecular formula is C22H27ClN4O4S. The van der Waals surface area contributed by atoms with Gasteiger partial charge in [-0.05, 0) is 61.3 Å². The lowest BCUT2D eigenvalue weighted by Gasteiger charge is -2.31. The molecule has 10 heteroatoms. The van der Waals surface area contributed by atoms with E-state index in [0.717, 1.165) is 29.3 Å². The van der Waals surface area contributed by atoms with Gasteiger partial charge in [-0.25, -0.2) is 8.42 Å². The van der Waals surface area contributed by atoms with Gasteiger partial charge in [-0.3, -0.25) is 14.5 Å². The Hall–Kier alpha value is -2.46. The Kier molecular flexibility index (Phi) is 7.89. The number of anilines is 1. The first-order valence-corrected chi connectivity index (χ1v) is 12.1. The van der Waals surface area contributed by atoms with E-state index < -0.39 is 15.9 Å². The zero-order valence-corrected chi connectivity index (χ0v) is 19.4. The maximum Gasteiger partial charge on any atom is 0.243 e. The van der Waals surface area contributed by atoms with Crippen LogP contribution in [0.1, 0.15) is 18.4 Å². The molecule has 0 radical (unpaired) electrons. The molecule has 1 heterocycles. The van der Waals surface area contributed by atoms with Crippen LogP contribution in [0.4, 0.5) is 5.69 Å². The fourth-order valence-corrected chi connectivity index (χ4v) is 4.91. The van der Waals surface area contributed by atoms with Crippen LogP contribution in [0.15, 0.2) is 53.4 Å². The molecule has 1 saturated heterocycles. The Morgan fingerprint density at radius 3 is 2.44 bits per heavy atom. The number of piperidine rings is 1. The first kappa shape index (κ1) is 24.2. The molecule has 2 aromatic rings. The van der Waals surface area contributed by atoms with Crippen molar-refractivity contribution in [1.29, 1.82) is 0 Å². The van der Waals surface area contributed by atoms with E-state index in [1.54, 1.807) is 12.1 Å². The minimum absolute atomic E-state index is 0.0674. The Morgan fingerprint density at radius 2 is 1.81 bits per heavy atom. The Balaban J connectivity index is 1.54. The number of likely N-dealkylation sites (tertiary alicyclic amines) is 1. The summed E-state index contributed by atoms with van der Waals surface area (Å²) in [6.45, 7) is 1.94. The highest BCUT2D eigenvalue weighted by atomic mass is 35.5. The maximum absolute atomic E-state index is 12.6. The molecule has 1 fully saturated rings. The number of amides is 2. The van der Waals surface area contributed by atoms with Crippen LogP contribution in [0, 0.1) is 5.92 Å². The molecule has 1 aliphatic heterocycles. The van der Waals surface area contributed by atoms with Crippen molar-refractivity contribution >= 4 is 39.1 Å². The first-order chi connectivity index (χ1) is 15.1. The maximum atomic E-state index is 12.6. The lowest BCUT2D eigenvalue weighted by atomic mass is 9.97. The molecular weight excluding hydrogens is 452 g/mol. The monoisotopic (exact) mass is 478 g/mol. The average Bonchev–Trinajstić information content (AvgIpc) is 2.75. The van der Waals surface area contributed by atoms with Crippen LogP contribution in [0.2, 0.25) is 5.02 Å². The molecule has 0 aliphatic carbocycles. The van der Waals surface area contributed by atoms with Crippen LogP contribution < -0.4 is 11.1 Å². The number of nitrogens with two attached hydrogens (primary N) is 1. The molecule has 0 unspecified atom stereocenters. The van der Waals surface area contributed by atoms with E-state index in [4.69, 9.17) is 17.3 Å². The molecule has 1 atom stereocenters. The average molecular weight is 479 g/mol. The quantitative estimate of drug-likeness (QED) is 0.604. The molecule has 172 valence electrons. The van der Waals surface area contributed by atoms with E-state index in [-0.39, 0.29) is 23.3 Å². The van der Waals surface area contributed by atoms with E-state index in [0.29, 0.717) is 23.8 Å². The lowest BCUT2D eigenvalue weighted by molar-refractivity contribution is -0.123. The van der Waals surface area contributed by atoms with Crippen molar-refractivity contribution in [3.8, 4) is 0 Å². The number of carbonyl (C=O) groups excluding carboxylic acids is 2. The molecule has 3 N–H and O–H groups in total. The molecule has 0 aromatic heterocycles. The highest BCUT2D eigenvalue weighted by molar-refractivity contribution is 7.89. The zero-order chi connectivity index (χ0) is 23.3. The number of benzene rings is 2. The molecule has 2 aromatic carbocycles. The molecule has 2 amide bonds. The van der Waals surface area contributed by atoms with Crippen molar-refractivity contribution in [2.45, 2.75) is 24.3 Å². The van der Waals surface area contributed by atoms with Gasteiger partial charge in [-0.1, -0.05) is 23.7 Å². The number of primary amides is 1. The molecule has 0 spiro atoms. The molecule has 8 nitrogen and oxygen atoms in total. The molecule has 0 saturated carbocycles. The minimum Gasteiger partial charge on any atom is -0.369 e. The Morgan fingerprint density at radius 1 is 1.16 bits per heavy atom. The van der Waals surface area contributed by atoms with Crippen molar-refractivity contribution < 1.29 is 18.0 Å². The number of likely N-dealkylation sites (N-methyl/N-ethyl adjacent to an activating group) is 1. The summed E-state index contributed by atoms with van der Waals surface area (Å²) in [6.07, 6.45) is 1.77.